The highest BCUT2D eigenvalue weighted by Gasteiger charge is 2.24. The highest BCUT2D eigenvalue weighted by atomic mass is 15.2. The quantitative estimate of drug-likeness (QED) is 0.733. The zero-order chi connectivity index (χ0) is 9.54. The highest BCUT2D eigenvalue weighted by Crippen LogP contribution is 2.28. The lowest BCUT2D eigenvalue weighted by atomic mass is 10.2. The number of nitrogens with zero attached hydrogens (tertiary/aromatic N) is 2. The van der Waals surface area contributed by atoms with Gasteiger partial charge in [0.15, 0.2) is 0 Å². The highest BCUT2D eigenvalue weighted by molar-refractivity contribution is 5.49. The van der Waals surface area contributed by atoms with Crippen molar-refractivity contribution >= 4 is 11.8 Å². The molecule has 1 saturated carbocycles. The second-order valence-corrected chi connectivity index (χ2v) is 4.13. The molecule has 1 heterocycles. The molecule has 1 aromatic heterocycles. The Bertz CT molecular complexity index is 371. The first-order chi connectivity index (χ1) is 6.83. The molecule has 3 N–H and O–H groups in total. The summed E-state index contributed by atoms with van der Waals surface area (Å²) in [5.74, 6) is 1.40. The van der Waals surface area contributed by atoms with E-state index in [-0.39, 0.29) is 0 Å². The molecule has 0 aromatic carbocycles. The van der Waals surface area contributed by atoms with Crippen molar-refractivity contribution in [1.29, 1.82) is 0 Å². The van der Waals surface area contributed by atoms with Gasteiger partial charge in [-0.1, -0.05) is 0 Å². The van der Waals surface area contributed by atoms with Crippen LogP contribution in [0.3, 0.4) is 0 Å². The van der Waals surface area contributed by atoms with Gasteiger partial charge >= 0.3 is 0 Å². The van der Waals surface area contributed by atoms with Gasteiger partial charge in [0.2, 0.25) is 5.95 Å². The average Bonchev–Trinajstić information content (AvgIpc) is 2.82. The van der Waals surface area contributed by atoms with Gasteiger partial charge in [-0.2, -0.15) is 4.98 Å². The van der Waals surface area contributed by atoms with Gasteiger partial charge in [0, 0.05) is 11.6 Å². The fourth-order valence-electron chi connectivity index (χ4n) is 1.94. The van der Waals surface area contributed by atoms with Crippen molar-refractivity contribution in [3.8, 4) is 0 Å². The van der Waals surface area contributed by atoms with Crippen molar-refractivity contribution in [3.63, 3.8) is 0 Å². The van der Waals surface area contributed by atoms with E-state index in [1.165, 1.54) is 24.8 Å². The normalized spacial score (nSPS) is 19.4. The van der Waals surface area contributed by atoms with E-state index >= 15 is 0 Å². The van der Waals surface area contributed by atoms with Crippen LogP contribution < -0.4 is 11.1 Å². The number of anilines is 2. The van der Waals surface area contributed by atoms with Gasteiger partial charge in [0.05, 0.1) is 5.69 Å². The third-order valence-corrected chi connectivity index (χ3v) is 2.88. The minimum Gasteiger partial charge on any atom is -0.383 e. The molecule has 0 unspecified atom stereocenters. The Hall–Kier alpha value is -1.32. The molecule has 4 heteroatoms. The van der Waals surface area contributed by atoms with Gasteiger partial charge in [-0.3, -0.25) is 0 Å². The van der Waals surface area contributed by atoms with Crippen LogP contribution in [0.1, 0.15) is 30.5 Å². The summed E-state index contributed by atoms with van der Waals surface area (Å²) in [7, 11) is 0. The molecule has 0 aliphatic heterocycles. The molecule has 0 saturated heterocycles. The molecular formula is C10H14N4. The summed E-state index contributed by atoms with van der Waals surface area (Å²) < 4.78 is 0. The van der Waals surface area contributed by atoms with Crippen LogP contribution >= 0.6 is 0 Å². The van der Waals surface area contributed by atoms with Gasteiger partial charge in [-0.15, -0.1) is 0 Å². The molecule has 0 atom stereocenters. The summed E-state index contributed by atoms with van der Waals surface area (Å²) in [6.45, 7) is 0. The molecule has 14 heavy (non-hydrogen) atoms. The number of hydrogen-bond donors (Lipinski definition) is 2. The minimum atomic E-state index is 0.592. The Morgan fingerprint density at radius 3 is 2.86 bits per heavy atom. The summed E-state index contributed by atoms with van der Waals surface area (Å²) in [4.78, 5) is 8.77. The number of nitrogens with two attached hydrogens (primary N) is 1. The lowest BCUT2D eigenvalue weighted by Crippen LogP contribution is -2.09. The van der Waals surface area contributed by atoms with Gasteiger partial charge in [-0.25, -0.2) is 4.98 Å². The number of fused-ring (bicyclic) bond motifs is 1. The first kappa shape index (κ1) is 8.03. The number of rotatable bonds is 2. The Morgan fingerprint density at radius 2 is 2.07 bits per heavy atom. The second-order valence-electron chi connectivity index (χ2n) is 4.13. The van der Waals surface area contributed by atoms with Crippen molar-refractivity contribution in [1.82, 2.24) is 9.97 Å². The molecule has 0 spiro atoms. The van der Waals surface area contributed by atoms with Crippen LogP contribution in [0.15, 0.2) is 0 Å². The number of aromatic nitrogens is 2. The third kappa shape index (κ3) is 1.31. The van der Waals surface area contributed by atoms with Gasteiger partial charge in [-0.05, 0) is 32.1 Å². The topological polar surface area (TPSA) is 63.8 Å². The minimum absolute atomic E-state index is 0.592. The Balaban J connectivity index is 1.94. The molecule has 1 fully saturated rings. The standard InChI is InChI=1S/C10H14N4/c11-9-7-2-1-3-8(7)13-10(14-9)12-6-4-5-6/h6H,1-5H2,(H3,11,12,13,14). The maximum Gasteiger partial charge on any atom is 0.225 e. The number of hydrogen-bond acceptors (Lipinski definition) is 4. The number of aryl methyl sites for hydroxylation is 1. The molecule has 3 rings (SSSR count). The van der Waals surface area contributed by atoms with E-state index in [2.05, 4.69) is 15.3 Å². The van der Waals surface area contributed by atoms with Crippen LogP contribution in [0.4, 0.5) is 11.8 Å². The van der Waals surface area contributed by atoms with Gasteiger partial charge < -0.3 is 11.1 Å². The van der Waals surface area contributed by atoms with E-state index in [1.807, 2.05) is 0 Å². The third-order valence-electron chi connectivity index (χ3n) is 2.88. The molecule has 74 valence electrons. The van der Waals surface area contributed by atoms with Crippen molar-refractivity contribution < 1.29 is 0 Å². The molecule has 0 bridgehead atoms. The molecule has 0 amide bonds. The smallest absolute Gasteiger partial charge is 0.225 e. The van der Waals surface area contributed by atoms with E-state index < -0.39 is 0 Å². The van der Waals surface area contributed by atoms with E-state index in [0.717, 1.165) is 24.5 Å². The SMILES string of the molecule is Nc1nc(NC2CC2)nc2c1CCC2. The van der Waals surface area contributed by atoms with Crippen LogP contribution in [0, 0.1) is 0 Å². The molecule has 2 aliphatic rings. The largest absolute Gasteiger partial charge is 0.383 e. The number of nitrogens with one attached hydrogen (secondary N) is 1. The average molecular weight is 190 g/mol. The maximum absolute atomic E-state index is 5.88. The monoisotopic (exact) mass is 190 g/mol. The van der Waals surface area contributed by atoms with Crippen LogP contribution in [0.25, 0.3) is 0 Å². The Morgan fingerprint density at radius 1 is 1.21 bits per heavy atom. The lowest BCUT2D eigenvalue weighted by molar-refractivity contribution is 0.898. The molecule has 1 aromatic rings. The summed E-state index contributed by atoms with van der Waals surface area (Å²) in [5.41, 5.74) is 8.20. The lowest BCUT2D eigenvalue weighted by Gasteiger charge is -2.07. The first-order valence-corrected chi connectivity index (χ1v) is 5.25. The Labute approximate surface area is 82.9 Å². The second kappa shape index (κ2) is 2.83. The van der Waals surface area contributed by atoms with Crippen molar-refractivity contribution in [2.75, 3.05) is 11.1 Å². The molecule has 0 radical (unpaired) electrons. The Kier molecular flexibility index (Phi) is 1.63. The van der Waals surface area contributed by atoms with E-state index in [9.17, 15) is 0 Å². The fourth-order valence-corrected chi connectivity index (χ4v) is 1.94. The van der Waals surface area contributed by atoms with E-state index in [4.69, 9.17) is 5.73 Å². The van der Waals surface area contributed by atoms with Crippen LogP contribution in [0.5, 0.6) is 0 Å². The summed E-state index contributed by atoms with van der Waals surface area (Å²) in [5, 5.41) is 3.28. The predicted molar refractivity (Wildman–Crippen MR) is 55.1 cm³/mol. The summed E-state index contributed by atoms with van der Waals surface area (Å²) in [6, 6.07) is 0.592. The van der Waals surface area contributed by atoms with E-state index in [1.54, 1.807) is 0 Å². The number of nitrogen functional groups attached to an aromatic ring is 1. The van der Waals surface area contributed by atoms with Crippen LogP contribution in [0.2, 0.25) is 0 Å². The van der Waals surface area contributed by atoms with Gasteiger partial charge in [0.25, 0.3) is 0 Å². The van der Waals surface area contributed by atoms with Crippen LogP contribution in [-0.2, 0) is 12.8 Å². The van der Waals surface area contributed by atoms with Crippen molar-refractivity contribution in [2.24, 2.45) is 0 Å². The zero-order valence-corrected chi connectivity index (χ0v) is 8.08. The fraction of sp³-hybridized carbons (Fsp3) is 0.600. The van der Waals surface area contributed by atoms with Crippen molar-refractivity contribution in [3.05, 3.63) is 11.3 Å². The van der Waals surface area contributed by atoms with Gasteiger partial charge in [0.1, 0.15) is 5.82 Å². The summed E-state index contributed by atoms with van der Waals surface area (Å²) >= 11 is 0. The summed E-state index contributed by atoms with van der Waals surface area (Å²) in [6.07, 6.45) is 5.74. The van der Waals surface area contributed by atoms with Crippen molar-refractivity contribution in [2.45, 2.75) is 38.1 Å². The van der Waals surface area contributed by atoms with E-state index in [0.29, 0.717) is 11.9 Å². The molecule has 2 aliphatic carbocycles. The molecule has 4 nitrogen and oxygen atoms in total. The maximum atomic E-state index is 5.88. The van der Waals surface area contributed by atoms with Crippen LogP contribution in [-0.4, -0.2) is 16.0 Å². The first-order valence-electron chi connectivity index (χ1n) is 5.25. The molecular weight excluding hydrogens is 176 g/mol. The zero-order valence-electron chi connectivity index (χ0n) is 8.08. The predicted octanol–water partition coefficient (Wildman–Crippen LogP) is 1.12.